The number of rotatable bonds is 7. The van der Waals surface area contributed by atoms with Gasteiger partial charge >= 0.3 is 5.97 Å². The minimum Gasteiger partial charge on any atom is -0.494 e. The van der Waals surface area contributed by atoms with Gasteiger partial charge in [0, 0.05) is 17.7 Å². The highest BCUT2D eigenvalue weighted by Crippen LogP contribution is 2.36. The Bertz CT molecular complexity index is 844. The van der Waals surface area contributed by atoms with Crippen molar-refractivity contribution in [3.8, 4) is 11.5 Å². The van der Waals surface area contributed by atoms with Crippen LogP contribution in [0.3, 0.4) is 0 Å². The number of anilines is 1. The summed E-state index contributed by atoms with van der Waals surface area (Å²) < 4.78 is 11.2. The first-order chi connectivity index (χ1) is 12.9. The van der Waals surface area contributed by atoms with Crippen LogP contribution in [0, 0.1) is 13.8 Å². The van der Waals surface area contributed by atoms with Gasteiger partial charge in [0.1, 0.15) is 24.0 Å². The lowest BCUT2D eigenvalue weighted by molar-refractivity contribution is -0.137. The molecule has 2 N–H and O–H groups in total. The van der Waals surface area contributed by atoms with Crippen LogP contribution in [0.2, 0.25) is 0 Å². The first-order valence-corrected chi connectivity index (χ1v) is 8.93. The molecule has 1 heterocycles. The molecule has 27 heavy (non-hydrogen) atoms. The van der Waals surface area contributed by atoms with Gasteiger partial charge in [0.15, 0.2) is 0 Å². The third-order valence-corrected chi connectivity index (χ3v) is 4.65. The molecule has 0 radical (unpaired) electrons. The van der Waals surface area contributed by atoms with E-state index in [2.05, 4.69) is 5.32 Å². The van der Waals surface area contributed by atoms with Crippen molar-refractivity contribution in [1.29, 1.82) is 0 Å². The summed E-state index contributed by atoms with van der Waals surface area (Å²) in [7, 11) is 0. The van der Waals surface area contributed by atoms with Crippen LogP contribution in [0.1, 0.15) is 35.4 Å². The fourth-order valence-corrected chi connectivity index (χ4v) is 2.97. The lowest BCUT2D eigenvalue weighted by Gasteiger charge is -2.12. The second kappa shape index (κ2) is 8.12. The Balaban J connectivity index is 1.58. The Labute approximate surface area is 158 Å². The van der Waals surface area contributed by atoms with Crippen LogP contribution < -0.4 is 14.8 Å². The predicted molar refractivity (Wildman–Crippen MR) is 102 cm³/mol. The molecule has 2 aromatic carbocycles. The monoisotopic (exact) mass is 369 g/mol. The number of benzene rings is 2. The molecule has 3 rings (SSSR count). The number of fused-ring (bicyclic) bond motifs is 1. The van der Waals surface area contributed by atoms with E-state index in [0.29, 0.717) is 31.1 Å². The summed E-state index contributed by atoms with van der Waals surface area (Å²) >= 11 is 0. The summed E-state index contributed by atoms with van der Waals surface area (Å²) in [5, 5.41) is 11.5. The third-order valence-electron chi connectivity index (χ3n) is 4.65. The molecule has 142 valence electrons. The summed E-state index contributed by atoms with van der Waals surface area (Å²) in [5.41, 5.74) is 3.89. The molecule has 1 atom stereocenters. The minimum atomic E-state index is -0.834. The fourth-order valence-electron chi connectivity index (χ4n) is 2.97. The van der Waals surface area contributed by atoms with Gasteiger partial charge in [0.2, 0.25) is 5.91 Å². The number of hydrogen-bond donors (Lipinski definition) is 2. The summed E-state index contributed by atoms with van der Waals surface area (Å²) in [6, 6.07) is 11.0. The quantitative estimate of drug-likeness (QED) is 0.728. The highest BCUT2D eigenvalue weighted by molar-refractivity contribution is 5.97. The maximum Gasteiger partial charge on any atom is 0.303 e. The molecule has 6 nitrogen and oxygen atoms in total. The number of aliphatic carboxylic acids is 1. The van der Waals surface area contributed by atoms with E-state index in [1.165, 1.54) is 0 Å². The van der Waals surface area contributed by atoms with E-state index in [1.54, 1.807) is 24.3 Å². The standard InChI is InChI=1S/C21H23NO5/c1-13-10-17-18(12-27-19(17)11-14(13)2)21(25)22-15-5-7-16(8-6-15)26-9-3-4-20(23)24/h5-8,10-11,18H,3-4,9,12H2,1-2H3,(H,22,25)(H,23,24). The van der Waals surface area contributed by atoms with E-state index in [9.17, 15) is 9.59 Å². The molecular weight excluding hydrogens is 346 g/mol. The molecule has 1 amide bonds. The topological polar surface area (TPSA) is 84.9 Å². The van der Waals surface area contributed by atoms with Gasteiger partial charge < -0.3 is 19.9 Å². The van der Waals surface area contributed by atoms with Crippen molar-refractivity contribution in [1.82, 2.24) is 0 Å². The van der Waals surface area contributed by atoms with Gasteiger partial charge in [-0.1, -0.05) is 6.07 Å². The Morgan fingerprint density at radius 1 is 1.19 bits per heavy atom. The third kappa shape index (κ3) is 4.58. The first-order valence-electron chi connectivity index (χ1n) is 8.93. The number of carboxylic acids is 1. The van der Waals surface area contributed by atoms with Gasteiger partial charge in [0.25, 0.3) is 0 Å². The van der Waals surface area contributed by atoms with Crippen molar-refractivity contribution in [3.63, 3.8) is 0 Å². The molecule has 0 bridgehead atoms. The molecule has 1 aliphatic rings. The number of ether oxygens (including phenoxy) is 2. The number of aryl methyl sites for hydroxylation is 2. The Hall–Kier alpha value is -3.02. The summed E-state index contributed by atoms with van der Waals surface area (Å²) in [5.74, 6) is 0.153. The van der Waals surface area contributed by atoms with Crippen LogP contribution in [0.25, 0.3) is 0 Å². The lowest BCUT2D eigenvalue weighted by Crippen LogP contribution is -2.22. The van der Waals surface area contributed by atoms with Gasteiger partial charge in [0.05, 0.1) is 6.61 Å². The van der Waals surface area contributed by atoms with Gasteiger partial charge in [-0.15, -0.1) is 0 Å². The first kappa shape index (κ1) is 18.8. The van der Waals surface area contributed by atoms with E-state index in [-0.39, 0.29) is 18.2 Å². The summed E-state index contributed by atoms with van der Waals surface area (Å²) in [6.07, 6.45) is 0.534. The Morgan fingerprint density at radius 3 is 2.59 bits per heavy atom. The summed E-state index contributed by atoms with van der Waals surface area (Å²) in [4.78, 5) is 23.1. The summed E-state index contributed by atoms with van der Waals surface area (Å²) in [6.45, 7) is 4.73. The molecule has 0 aliphatic carbocycles. The van der Waals surface area contributed by atoms with Gasteiger partial charge in [-0.05, 0) is 61.7 Å². The molecular formula is C21H23NO5. The van der Waals surface area contributed by atoms with Crippen molar-refractivity contribution in [2.24, 2.45) is 0 Å². The predicted octanol–water partition coefficient (Wildman–Crippen LogP) is 3.66. The Kier molecular flexibility index (Phi) is 5.64. The minimum absolute atomic E-state index is 0.0814. The molecule has 0 fully saturated rings. The number of carbonyl (C=O) groups excluding carboxylic acids is 1. The zero-order valence-electron chi connectivity index (χ0n) is 15.5. The van der Waals surface area contributed by atoms with Crippen molar-refractivity contribution in [3.05, 3.63) is 53.1 Å². The van der Waals surface area contributed by atoms with Crippen molar-refractivity contribution < 1.29 is 24.2 Å². The fraction of sp³-hybridized carbons (Fsp3) is 0.333. The number of nitrogens with one attached hydrogen (secondary N) is 1. The van der Waals surface area contributed by atoms with Gasteiger partial charge in [-0.25, -0.2) is 0 Å². The van der Waals surface area contributed by atoms with Crippen molar-refractivity contribution in [2.45, 2.75) is 32.6 Å². The largest absolute Gasteiger partial charge is 0.494 e. The highest BCUT2D eigenvalue weighted by Gasteiger charge is 2.31. The van der Waals surface area contributed by atoms with E-state index in [4.69, 9.17) is 14.6 Å². The molecule has 6 heteroatoms. The van der Waals surface area contributed by atoms with E-state index in [1.807, 2.05) is 26.0 Å². The average molecular weight is 369 g/mol. The van der Waals surface area contributed by atoms with E-state index < -0.39 is 5.97 Å². The van der Waals surface area contributed by atoms with Gasteiger partial charge in [-0.2, -0.15) is 0 Å². The zero-order valence-corrected chi connectivity index (χ0v) is 15.5. The maximum absolute atomic E-state index is 12.7. The molecule has 0 saturated carbocycles. The average Bonchev–Trinajstić information content (AvgIpc) is 3.03. The van der Waals surface area contributed by atoms with Crippen LogP contribution in [-0.4, -0.2) is 30.2 Å². The SMILES string of the molecule is Cc1cc2c(cc1C)C(C(=O)Nc1ccc(OCCCC(=O)O)cc1)CO2. The van der Waals surface area contributed by atoms with E-state index >= 15 is 0 Å². The maximum atomic E-state index is 12.7. The lowest BCUT2D eigenvalue weighted by atomic mass is 9.96. The number of carboxylic acid groups (broad SMARTS) is 1. The molecule has 2 aromatic rings. The van der Waals surface area contributed by atoms with Crippen molar-refractivity contribution >= 4 is 17.6 Å². The molecule has 0 spiro atoms. The van der Waals surface area contributed by atoms with E-state index in [0.717, 1.165) is 22.4 Å². The second-order valence-corrected chi connectivity index (χ2v) is 6.70. The molecule has 1 unspecified atom stereocenters. The van der Waals surface area contributed by atoms with Gasteiger partial charge in [-0.3, -0.25) is 9.59 Å². The number of amides is 1. The zero-order chi connectivity index (χ0) is 19.4. The molecule has 0 saturated heterocycles. The van der Waals surface area contributed by atoms with Crippen LogP contribution in [0.4, 0.5) is 5.69 Å². The number of carbonyl (C=O) groups is 2. The van der Waals surface area contributed by atoms with Crippen LogP contribution in [0.5, 0.6) is 11.5 Å². The smallest absolute Gasteiger partial charge is 0.303 e. The normalized spacial score (nSPS) is 15.0. The molecule has 1 aliphatic heterocycles. The number of hydrogen-bond acceptors (Lipinski definition) is 4. The Morgan fingerprint density at radius 2 is 1.89 bits per heavy atom. The second-order valence-electron chi connectivity index (χ2n) is 6.70. The van der Waals surface area contributed by atoms with Crippen LogP contribution in [-0.2, 0) is 9.59 Å². The van der Waals surface area contributed by atoms with Crippen LogP contribution in [0.15, 0.2) is 36.4 Å². The highest BCUT2D eigenvalue weighted by atomic mass is 16.5. The van der Waals surface area contributed by atoms with Crippen LogP contribution >= 0.6 is 0 Å². The molecule has 0 aromatic heterocycles. The van der Waals surface area contributed by atoms with Crippen molar-refractivity contribution in [2.75, 3.05) is 18.5 Å².